The lowest BCUT2D eigenvalue weighted by Gasteiger charge is -2.25. The standard InChI is InChI=1S/C13H25N3OS/c1-5-12(10-18-4)16(3)9-13-7-11(15-17-13)8-14-6-2/h7,12,14H,5-6,8-10H2,1-4H3. The molecule has 1 atom stereocenters. The maximum Gasteiger partial charge on any atom is 0.151 e. The summed E-state index contributed by atoms with van der Waals surface area (Å²) in [5.41, 5.74) is 0.984. The van der Waals surface area contributed by atoms with E-state index >= 15 is 0 Å². The zero-order valence-corrected chi connectivity index (χ0v) is 12.7. The third-order valence-corrected chi connectivity index (χ3v) is 3.74. The molecule has 0 fully saturated rings. The van der Waals surface area contributed by atoms with E-state index in [1.54, 1.807) is 0 Å². The van der Waals surface area contributed by atoms with Crippen molar-refractivity contribution < 1.29 is 4.52 Å². The summed E-state index contributed by atoms with van der Waals surface area (Å²) < 4.78 is 5.37. The Kier molecular flexibility index (Phi) is 7.39. The minimum absolute atomic E-state index is 0.599. The number of nitrogens with one attached hydrogen (secondary N) is 1. The van der Waals surface area contributed by atoms with Crippen LogP contribution < -0.4 is 5.32 Å². The zero-order chi connectivity index (χ0) is 13.4. The van der Waals surface area contributed by atoms with E-state index in [1.165, 1.54) is 0 Å². The van der Waals surface area contributed by atoms with E-state index < -0.39 is 0 Å². The third kappa shape index (κ3) is 5.00. The molecule has 1 N–H and O–H groups in total. The Morgan fingerprint density at radius 2 is 2.28 bits per heavy atom. The first kappa shape index (κ1) is 15.5. The Morgan fingerprint density at radius 3 is 2.89 bits per heavy atom. The summed E-state index contributed by atoms with van der Waals surface area (Å²) in [5, 5.41) is 7.31. The van der Waals surface area contributed by atoms with Gasteiger partial charge in [-0.15, -0.1) is 0 Å². The zero-order valence-electron chi connectivity index (χ0n) is 11.9. The fourth-order valence-corrected chi connectivity index (χ4v) is 2.77. The summed E-state index contributed by atoms with van der Waals surface area (Å²) in [6.45, 7) is 6.88. The van der Waals surface area contributed by atoms with Gasteiger partial charge < -0.3 is 9.84 Å². The first-order valence-electron chi connectivity index (χ1n) is 6.55. The van der Waals surface area contributed by atoms with Gasteiger partial charge in [0.15, 0.2) is 5.76 Å². The van der Waals surface area contributed by atoms with Crippen molar-refractivity contribution in [1.82, 2.24) is 15.4 Å². The number of hydrogen-bond acceptors (Lipinski definition) is 5. The molecule has 104 valence electrons. The van der Waals surface area contributed by atoms with E-state index in [2.05, 4.69) is 42.5 Å². The van der Waals surface area contributed by atoms with E-state index in [0.29, 0.717) is 6.04 Å². The molecule has 0 amide bonds. The molecule has 0 aliphatic carbocycles. The van der Waals surface area contributed by atoms with Crippen LogP contribution in [0.5, 0.6) is 0 Å². The van der Waals surface area contributed by atoms with Crippen LogP contribution in [0.25, 0.3) is 0 Å². The molecule has 0 saturated heterocycles. The van der Waals surface area contributed by atoms with E-state index in [0.717, 1.165) is 43.3 Å². The van der Waals surface area contributed by atoms with Crippen molar-refractivity contribution in [2.24, 2.45) is 0 Å². The van der Waals surface area contributed by atoms with Gasteiger partial charge in [0.25, 0.3) is 0 Å². The van der Waals surface area contributed by atoms with E-state index in [-0.39, 0.29) is 0 Å². The van der Waals surface area contributed by atoms with Crippen LogP contribution in [0.2, 0.25) is 0 Å². The molecule has 1 rings (SSSR count). The lowest BCUT2D eigenvalue weighted by Crippen LogP contribution is -2.32. The van der Waals surface area contributed by atoms with Crippen molar-refractivity contribution in [2.75, 3.05) is 25.6 Å². The van der Waals surface area contributed by atoms with Crippen LogP contribution >= 0.6 is 11.8 Å². The summed E-state index contributed by atoms with van der Waals surface area (Å²) in [7, 11) is 2.15. The molecule has 1 aromatic rings. The summed E-state index contributed by atoms with van der Waals surface area (Å²) in [5.74, 6) is 2.11. The van der Waals surface area contributed by atoms with Crippen molar-refractivity contribution in [3.8, 4) is 0 Å². The molecule has 0 radical (unpaired) electrons. The van der Waals surface area contributed by atoms with Gasteiger partial charge in [0.05, 0.1) is 12.2 Å². The van der Waals surface area contributed by atoms with Gasteiger partial charge in [0.1, 0.15) is 0 Å². The molecule has 4 nitrogen and oxygen atoms in total. The van der Waals surface area contributed by atoms with Gasteiger partial charge in [-0.2, -0.15) is 11.8 Å². The largest absolute Gasteiger partial charge is 0.360 e. The van der Waals surface area contributed by atoms with Crippen LogP contribution in [0.1, 0.15) is 31.7 Å². The van der Waals surface area contributed by atoms with E-state index in [9.17, 15) is 0 Å². The molecule has 0 bridgehead atoms. The Hall–Kier alpha value is -0.520. The summed E-state index contributed by atoms with van der Waals surface area (Å²) in [4.78, 5) is 2.34. The molecular formula is C13H25N3OS. The van der Waals surface area contributed by atoms with Crippen LogP contribution in [0.4, 0.5) is 0 Å². The predicted octanol–water partition coefficient (Wildman–Crippen LogP) is 2.36. The fourth-order valence-electron chi connectivity index (χ4n) is 1.89. The average Bonchev–Trinajstić information content (AvgIpc) is 2.80. The van der Waals surface area contributed by atoms with Crippen molar-refractivity contribution in [3.05, 3.63) is 17.5 Å². The number of nitrogens with zero attached hydrogens (tertiary/aromatic N) is 2. The Morgan fingerprint density at radius 1 is 1.50 bits per heavy atom. The molecule has 0 aliphatic rings. The maximum atomic E-state index is 5.37. The molecule has 5 heteroatoms. The normalized spacial score (nSPS) is 13.2. The third-order valence-electron chi connectivity index (χ3n) is 3.02. The van der Waals surface area contributed by atoms with Gasteiger partial charge in [0, 0.05) is 24.4 Å². The van der Waals surface area contributed by atoms with Gasteiger partial charge >= 0.3 is 0 Å². The first-order chi connectivity index (χ1) is 8.71. The van der Waals surface area contributed by atoms with E-state index in [1.807, 2.05) is 17.8 Å². The average molecular weight is 271 g/mol. The molecule has 1 heterocycles. The highest BCUT2D eigenvalue weighted by molar-refractivity contribution is 7.98. The second kappa shape index (κ2) is 8.56. The Labute approximate surface area is 114 Å². The summed E-state index contributed by atoms with van der Waals surface area (Å²) in [6.07, 6.45) is 3.31. The number of thioether (sulfide) groups is 1. The van der Waals surface area contributed by atoms with Crippen molar-refractivity contribution >= 4 is 11.8 Å². The second-order valence-electron chi connectivity index (χ2n) is 4.50. The highest BCUT2D eigenvalue weighted by Crippen LogP contribution is 2.13. The fraction of sp³-hybridized carbons (Fsp3) is 0.769. The predicted molar refractivity (Wildman–Crippen MR) is 77.8 cm³/mol. The topological polar surface area (TPSA) is 41.3 Å². The van der Waals surface area contributed by atoms with Crippen LogP contribution in [-0.4, -0.2) is 41.7 Å². The first-order valence-corrected chi connectivity index (χ1v) is 7.94. The quantitative estimate of drug-likeness (QED) is 0.747. The molecule has 0 saturated carbocycles. The number of hydrogen-bond donors (Lipinski definition) is 1. The second-order valence-corrected chi connectivity index (χ2v) is 5.41. The molecule has 18 heavy (non-hydrogen) atoms. The van der Waals surface area contributed by atoms with Crippen LogP contribution in [-0.2, 0) is 13.1 Å². The van der Waals surface area contributed by atoms with Gasteiger partial charge in [-0.1, -0.05) is 19.0 Å². The molecule has 0 spiro atoms. The van der Waals surface area contributed by atoms with Crippen molar-refractivity contribution in [3.63, 3.8) is 0 Å². The highest BCUT2D eigenvalue weighted by Gasteiger charge is 2.14. The number of rotatable bonds is 9. The molecule has 0 aliphatic heterocycles. The van der Waals surface area contributed by atoms with Gasteiger partial charge in [-0.3, -0.25) is 4.90 Å². The summed E-state index contributed by atoms with van der Waals surface area (Å²) >= 11 is 1.89. The van der Waals surface area contributed by atoms with Gasteiger partial charge in [0.2, 0.25) is 0 Å². The van der Waals surface area contributed by atoms with Gasteiger partial charge in [-0.25, -0.2) is 0 Å². The Balaban J connectivity index is 2.47. The molecule has 0 aromatic carbocycles. The molecule has 1 aromatic heterocycles. The highest BCUT2D eigenvalue weighted by atomic mass is 32.2. The maximum absolute atomic E-state index is 5.37. The summed E-state index contributed by atoms with van der Waals surface area (Å²) in [6, 6.07) is 2.65. The Bertz CT molecular complexity index is 330. The van der Waals surface area contributed by atoms with Crippen molar-refractivity contribution in [2.45, 2.75) is 39.4 Å². The SMILES string of the molecule is CCNCc1cc(CN(C)C(CC)CSC)on1. The lowest BCUT2D eigenvalue weighted by molar-refractivity contribution is 0.217. The lowest BCUT2D eigenvalue weighted by atomic mass is 10.2. The minimum Gasteiger partial charge on any atom is -0.360 e. The number of aromatic nitrogens is 1. The van der Waals surface area contributed by atoms with E-state index in [4.69, 9.17) is 4.52 Å². The van der Waals surface area contributed by atoms with Crippen LogP contribution in [0, 0.1) is 0 Å². The van der Waals surface area contributed by atoms with Crippen LogP contribution in [0.3, 0.4) is 0 Å². The minimum atomic E-state index is 0.599. The van der Waals surface area contributed by atoms with Crippen LogP contribution in [0.15, 0.2) is 10.6 Å². The monoisotopic (exact) mass is 271 g/mol. The molecule has 1 unspecified atom stereocenters. The van der Waals surface area contributed by atoms with Crippen molar-refractivity contribution in [1.29, 1.82) is 0 Å². The smallest absolute Gasteiger partial charge is 0.151 e. The molecular weight excluding hydrogens is 246 g/mol. The van der Waals surface area contributed by atoms with Gasteiger partial charge in [-0.05, 0) is 26.3 Å².